The Bertz CT molecular complexity index is 277. The lowest BCUT2D eigenvalue weighted by Crippen LogP contribution is -2.10. The number of amides is 1. The average Bonchev–Trinajstić information content (AvgIpc) is 2.82. The average molecular weight is 195 g/mol. The van der Waals surface area contributed by atoms with Gasteiger partial charge >= 0.3 is 0 Å². The summed E-state index contributed by atoms with van der Waals surface area (Å²) in [6.45, 7) is 0. The molecule has 1 N–H and O–H groups in total. The summed E-state index contributed by atoms with van der Waals surface area (Å²) in [5.41, 5.74) is 0.936. The predicted octanol–water partition coefficient (Wildman–Crippen LogP) is 2.88. The van der Waals surface area contributed by atoms with Crippen LogP contribution in [0.25, 0.3) is 0 Å². The molecule has 0 unspecified atom stereocenters. The number of hydrogen-bond donors (Lipinski definition) is 1. The van der Waals surface area contributed by atoms with Crippen molar-refractivity contribution in [3.8, 4) is 0 Å². The SMILES string of the molecule is O=C(CCC1CC1)Nc1ccsc1. The van der Waals surface area contributed by atoms with Gasteiger partial charge in [0.05, 0.1) is 5.69 Å². The molecule has 13 heavy (non-hydrogen) atoms. The van der Waals surface area contributed by atoms with E-state index in [1.54, 1.807) is 11.3 Å². The normalized spacial score (nSPS) is 15.7. The molecule has 3 heteroatoms. The van der Waals surface area contributed by atoms with Crippen molar-refractivity contribution < 1.29 is 4.79 Å². The lowest BCUT2D eigenvalue weighted by molar-refractivity contribution is -0.116. The first-order valence-corrected chi connectivity index (χ1v) is 5.61. The van der Waals surface area contributed by atoms with Crippen LogP contribution in [0.3, 0.4) is 0 Å². The molecular formula is C10H13NOS. The number of rotatable bonds is 4. The smallest absolute Gasteiger partial charge is 0.224 e. The van der Waals surface area contributed by atoms with Gasteiger partial charge in [-0.25, -0.2) is 0 Å². The highest BCUT2D eigenvalue weighted by Crippen LogP contribution is 2.33. The van der Waals surface area contributed by atoms with E-state index in [2.05, 4.69) is 5.32 Å². The minimum atomic E-state index is 0.158. The van der Waals surface area contributed by atoms with Gasteiger partial charge in [0, 0.05) is 11.8 Å². The van der Waals surface area contributed by atoms with E-state index in [9.17, 15) is 4.79 Å². The van der Waals surface area contributed by atoms with Crippen LogP contribution in [-0.2, 0) is 4.79 Å². The van der Waals surface area contributed by atoms with Gasteiger partial charge in [0.25, 0.3) is 0 Å². The highest BCUT2D eigenvalue weighted by molar-refractivity contribution is 7.08. The molecule has 0 spiro atoms. The Labute approximate surface area is 82.0 Å². The minimum absolute atomic E-state index is 0.158. The fraction of sp³-hybridized carbons (Fsp3) is 0.500. The number of thiophene rings is 1. The fourth-order valence-electron chi connectivity index (χ4n) is 1.30. The van der Waals surface area contributed by atoms with Crippen LogP contribution in [0.1, 0.15) is 25.7 Å². The third kappa shape index (κ3) is 2.84. The Kier molecular flexibility index (Phi) is 2.64. The highest BCUT2D eigenvalue weighted by atomic mass is 32.1. The first kappa shape index (κ1) is 8.75. The van der Waals surface area contributed by atoms with Crippen molar-refractivity contribution >= 4 is 22.9 Å². The Balaban J connectivity index is 1.71. The zero-order chi connectivity index (χ0) is 9.10. The van der Waals surface area contributed by atoms with Crippen molar-refractivity contribution in [2.45, 2.75) is 25.7 Å². The first-order valence-electron chi connectivity index (χ1n) is 4.66. The Hall–Kier alpha value is -0.830. The third-order valence-corrected chi connectivity index (χ3v) is 2.96. The predicted molar refractivity (Wildman–Crippen MR) is 54.9 cm³/mol. The van der Waals surface area contributed by atoms with E-state index < -0.39 is 0 Å². The van der Waals surface area contributed by atoms with Crippen LogP contribution < -0.4 is 5.32 Å². The van der Waals surface area contributed by atoms with Gasteiger partial charge in [-0.2, -0.15) is 11.3 Å². The second kappa shape index (κ2) is 3.92. The molecule has 2 nitrogen and oxygen atoms in total. The van der Waals surface area contributed by atoms with Crippen LogP contribution >= 0.6 is 11.3 Å². The zero-order valence-corrected chi connectivity index (χ0v) is 8.27. The van der Waals surface area contributed by atoms with Crippen LogP contribution in [0.5, 0.6) is 0 Å². The molecule has 0 radical (unpaired) electrons. The van der Waals surface area contributed by atoms with Crippen molar-refractivity contribution in [1.82, 2.24) is 0 Å². The largest absolute Gasteiger partial charge is 0.325 e. The second-order valence-electron chi connectivity index (χ2n) is 3.54. The van der Waals surface area contributed by atoms with Crippen molar-refractivity contribution in [2.24, 2.45) is 5.92 Å². The number of carbonyl (C=O) groups is 1. The molecule has 1 amide bonds. The van der Waals surface area contributed by atoms with Gasteiger partial charge in [0.2, 0.25) is 5.91 Å². The highest BCUT2D eigenvalue weighted by Gasteiger charge is 2.21. The van der Waals surface area contributed by atoms with E-state index in [4.69, 9.17) is 0 Å². The summed E-state index contributed by atoms with van der Waals surface area (Å²) in [7, 11) is 0. The van der Waals surface area contributed by atoms with Gasteiger partial charge < -0.3 is 5.32 Å². The van der Waals surface area contributed by atoms with Crippen LogP contribution in [0.15, 0.2) is 16.8 Å². The lowest BCUT2D eigenvalue weighted by atomic mass is 10.2. The first-order chi connectivity index (χ1) is 6.34. The molecule has 0 saturated heterocycles. The summed E-state index contributed by atoms with van der Waals surface area (Å²) in [5.74, 6) is 0.999. The van der Waals surface area contributed by atoms with E-state index in [0.29, 0.717) is 6.42 Å². The van der Waals surface area contributed by atoms with Crippen LogP contribution in [0, 0.1) is 5.92 Å². The summed E-state index contributed by atoms with van der Waals surface area (Å²) in [4.78, 5) is 11.3. The van der Waals surface area contributed by atoms with E-state index in [1.165, 1.54) is 12.8 Å². The molecule has 1 aliphatic rings. The van der Waals surface area contributed by atoms with Crippen molar-refractivity contribution in [1.29, 1.82) is 0 Å². The molecule has 0 atom stereocenters. The monoisotopic (exact) mass is 195 g/mol. The second-order valence-corrected chi connectivity index (χ2v) is 4.32. The molecule has 0 aliphatic heterocycles. The molecule has 1 saturated carbocycles. The molecule has 0 bridgehead atoms. The quantitative estimate of drug-likeness (QED) is 0.786. The number of carbonyl (C=O) groups excluding carboxylic acids is 1. The molecule has 1 fully saturated rings. The molecule has 1 aromatic rings. The summed E-state index contributed by atoms with van der Waals surface area (Å²) < 4.78 is 0. The number of hydrogen-bond acceptors (Lipinski definition) is 2. The Morgan fingerprint density at radius 1 is 1.62 bits per heavy atom. The maximum atomic E-state index is 11.3. The maximum Gasteiger partial charge on any atom is 0.224 e. The Morgan fingerprint density at radius 3 is 3.08 bits per heavy atom. The van der Waals surface area contributed by atoms with Gasteiger partial charge in [-0.15, -0.1) is 0 Å². The number of nitrogens with one attached hydrogen (secondary N) is 1. The van der Waals surface area contributed by atoms with Crippen molar-refractivity contribution in [3.63, 3.8) is 0 Å². The molecule has 1 aromatic heterocycles. The molecule has 1 heterocycles. The van der Waals surface area contributed by atoms with Crippen molar-refractivity contribution in [3.05, 3.63) is 16.8 Å². The van der Waals surface area contributed by atoms with E-state index in [0.717, 1.165) is 18.0 Å². The summed E-state index contributed by atoms with van der Waals surface area (Å²) >= 11 is 1.60. The number of anilines is 1. The minimum Gasteiger partial charge on any atom is -0.325 e. The van der Waals surface area contributed by atoms with E-state index in [-0.39, 0.29) is 5.91 Å². The van der Waals surface area contributed by atoms with E-state index in [1.807, 2.05) is 16.8 Å². The molecular weight excluding hydrogens is 182 g/mol. The Morgan fingerprint density at radius 2 is 2.46 bits per heavy atom. The third-order valence-electron chi connectivity index (χ3n) is 2.28. The van der Waals surface area contributed by atoms with Gasteiger partial charge in [0.15, 0.2) is 0 Å². The van der Waals surface area contributed by atoms with Gasteiger partial charge in [-0.1, -0.05) is 12.8 Å². The summed E-state index contributed by atoms with van der Waals surface area (Å²) in [6.07, 6.45) is 4.40. The topological polar surface area (TPSA) is 29.1 Å². The zero-order valence-electron chi connectivity index (χ0n) is 7.45. The molecule has 70 valence electrons. The van der Waals surface area contributed by atoms with Crippen LogP contribution in [0.4, 0.5) is 5.69 Å². The van der Waals surface area contributed by atoms with Gasteiger partial charge in [-0.3, -0.25) is 4.79 Å². The summed E-state index contributed by atoms with van der Waals surface area (Å²) in [5, 5.41) is 6.80. The lowest BCUT2D eigenvalue weighted by Gasteiger charge is -2.00. The van der Waals surface area contributed by atoms with Gasteiger partial charge in [0.1, 0.15) is 0 Å². The molecule has 1 aliphatic carbocycles. The van der Waals surface area contributed by atoms with Crippen LogP contribution in [-0.4, -0.2) is 5.91 Å². The van der Waals surface area contributed by atoms with E-state index >= 15 is 0 Å². The maximum absolute atomic E-state index is 11.3. The molecule has 2 rings (SSSR count). The fourth-order valence-corrected chi connectivity index (χ4v) is 1.89. The van der Waals surface area contributed by atoms with Gasteiger partial charge in [-0.05, 0) is 23.8 Å². The van der Waals surface area contributed by atoms with Crippen molar-refractivity contribution in [2.75, 3.05) is 5.32 Å². The standard InChI is InChI=1S/C10H13NOS/c12-10(4-3-8-1-2-8)11-9-5-6-13-7-9/h5-8H,1-4H2,(H,11,12). The summed E-state index contributed by atoms with van der Waals surface area (Å²) in [6, 6.07) is 1.93. The van der Waals surface area contributed by atoms with Crippen LogP contribution in [0.2, 0.25) is 0 Å². The molecule has 0 aromatic carbocycles.